The minimum absolute atomic E-state index is 0.109. The first-order valence-electron chi connectivity index (χ1n) is 5.04. The van der Waals surface area contributed by atoms with Crippen molar-refractivity contribution in [2.24, 2.45) is 15.0 Å². The van der Waals surface area contributed by atoms with Crippen molar-refractivity contribution in [2.45, 2.75) is 19.6 Å². The average molecular weight is 243 g/mol. The highest BCUT2D eigenvalue weighted by Crippen LogP contribution is 2.18. The van der Waals surface area contributed by atoms with Gasteiger partial charge < -0.3 is 0 Å². The van der Waals surface area contributed by atoms with E-state index in [1.54, 1.807) is 18.2 Å². The number of aliphatic imine (C=N–C) groups is 3. The molecule has 0 aliphatic rings. The Balaban J connectivity index is 3.18. The van der Waals surface area contributed by atoms with E-state index in [1.807, 2.05) is 0 Å². The third-order valence-corrected chi connectivity index (χ3v) is 2.30. The van der Waals surface area contributed by atoms with Crippen LogP contribution >= 0.6 is 0 Å². The van der Waals surface area contributed by atoms with Crippen LogP contribution in [-0.2, 0) is 34.0 Å². The van der Waals surface area contributed by atoms with Crippen LogP contribution < -0.4 is 0 Å². The van der Waals surface area contributed by atoms with Crippen LogP contribution in [0, 0.1) is 0 Å². The van der Waals surface area contributed by atoms with E-state index in [0.717, 1.165) is 11.1 Å². The average Bonchev–Trinajstić information content (AvgIpc) is 2.41. The second kappa shape index (κ2) is 7.60. The van der Waals surface area contributed by atoms with Crippen molar-refractivity contribution >= 4 is 18.2 Å². The first-order valence-corrected chi connectivity index (χ1v) is 5.04. The normalized spacial score (nSPS) is 8.67. The molecule has 0 N–H and O–H groups in total. The molecule has 0 aromatic heterocycles. The number of benzene rings is 1. The van der Waals surface area contributed by atoms with Crippen LogP contribution in [-0.4, -0.2) is 18.2 Å². The smallest absolute Gasteiger partial charge is 0.211 e. The summed E-state index contributed by atoms with van der Waals surface area (Å²) in [6.07, 6.45) is 4.33. The summed E-state index contributed by atoms with van der Waals surface area (Å²) in [5, 5.41) is 0. The van der Waals surface area contributed by atoms with Crippen LogP contribution in [0.25, 0.3) is 0 Å². The van der Waals surface area contributed by atoms with E-state index in [0.29, 0.717) is 5.56 Å². The highest BCUT2D eigenvalue weighted by atomic mass is 16.1. The Kier molecular flexibility index (Phi) is 5.67. The number of rotatable bonds is 6. The van der Waals surface area contributed by atoms with Crippen molar-refractivity contribution in [3.8, 4) is 0 Å². The summed E-state index contributed by atoms with van der Waals surface area (Å²) in [6.45, 7) is 0.398. The van der Waals surface area contributed by atoms with Crippen LogP contribution in [0.2, 0.25) is 0 Å². The molecule has 0 heterocycles. The topological polar surface area (TPSA) is 88.3 Å². The van der Waals surface area contributed by atoms with E-state index < -0.39 is 0 Å². The summed E-state index contributed by atoms with van der Waals surface area (Å²) in [6, 6.07) is 5.26. The van der Waals surface area contributed by atoms with Gasteiger partial charge in [-0.25, -0.2) is 29.4 Å². The van der Waals surface area contributed by atoms with E-state index in [-0.39, 0.29) is 19.6 Å². The van der Waals surface area contributed by atoms with E-state index in [9.17, 15) is 14.4 Å². The van der Waals surface area contributed by atoms with Crippen molar-refractivity contribution in [1.29, 1.82) is 0 Å². The molecule has 18 heavy (non-hydrogen) atoms. The van der Waals surface area contributed by atoms with Gasteiger partial charge in [-0.2, -0.15) is 0 Å². The first kappa shape index (κ1) is 13.4. The van der Waals surface area contributed by atoms with Crippen molar-refractivity contribution in [3.05, 3.63) is 34.9 Å². The molecule has 0 aliphatic heterocycles. The summed E-state index contributed by atoms with van der Waals surface area (Å²) < 4.78 is 0. The number of carbonyl (C=O) groups excluding carboxylic acids is 3. The molecule has 1 aromatic rings. The fraction of sp³-hybridized carbons (Fsp3) is 0.250. The van der Waals surface area contributed by atoms with Crippen molar-refractivity contribution < 1.29 is 14.4 Å². The van der Waals surface area contributed by atoms with Gasteiger partial charge in [-0.15, -0.1) is 0 Å². The molecular formula is C12H9N3O3. The molecule has 0 bridgehead atoms. The van der Waals surface area contributed by atoms with Crippen LogP contribution in [0.1, 0.15) is 16.7 Å². The Bertz CT molecular complexity index is 526. The van der Waals surface area contributed by atoms with Gasteiger partial charge in [-0.05, 0) is 16.7 Å². The Hall–Kier alpha value is -2.64. The zero-order valence-electron chi connectivity index (χ0n) is 9.42. The van der Waals surface area contributed by atoms with Crippen molar-refractivity contribution in [2.75, 3.05) is 0 Å². The molecular weight excluding hydrogens is 234 g/mol. The maximum atomic E-state index is 10.2. The van der Waals surface area contributed by atoms with E-state index in [1.165, 1.54) is 18.2 Å². The molecule has 0 spiro atoms. The monoisotopic (exact) mass is 243 g/mol. The standard InChI is InChI=1S/C12H9N3O3/c16-7-13-4-10-2-1-3-11(5-14-8-17)12(10)6-15-9-18/h1-3H,4-6H2. The Morgan fingerprint density at radius 1 is 0.778 bits per heavy atom. The zero-order valence-corrected chi connectivity index (χ0v) is 9.42. The summed E-state index contributed by atoms with van der Waals surface area (Å²) in [5.74, 6) is 0. The zero-order chi connectivity index (χ0) is 13.2. The molecule has 0 atom stereocenters. The highest BCUT2D eigenvalue weighted by molar-refractivity contribution is 5.41. The van der Waals surface area contributed by atoms with Gasteiger partial charge >= 0.3 is 0 Å². The third-order valence-electron chi connectivity index (χ3n) is 2.30. The maximum Gasteiger partial charge on any atom is 0.235 e. The summed E-state index contributed by atoms with van der Waals surface area (Å²) in [5.41, 5.74) is 2.17. The minimum Gasteiger partial charge on any atom is -0.211 e. The molecule has 1 rings (SSSR count). The van der Waals surface area contributed by atoms with Gasteiger partial charge in [0, 0.05) is 0 Å². The Morgan fingerprint density at radius 2 is 1.22 bits per heavy atom. The van der Waals surface area contributed by atoms with Gasteiger partial charge in [-0.1, -0.05) is 18.2 Å². The largest absolute Gasteiger partial charge is 0.235 e. The second-order valence-corrected chi connectivity index (χ2v) is 3.28. The molecule has 0 saturated carbocycles. The predicted molar refractivity (Wildman–Crippen MR) is 61.9 cm³/mol. The molecule has 0 saturated heterocycles. The molecule has 90 valence electrons. The van der Waals surface area contributed by atoms with Gasteiger partial charge in [0.2, 0.25) is 18.2 Å². The molecule has 0 unspecified atom stereocenters. The van der Waals surface area contributed by atoms with Crippen molar-refractivity contribution in [1.82, 2.24) is 0 Å². The van der Waals surface area contributed by atoms with Crippen LogP contribution in [0.15, 0.2) is 33.2 Å². The lowest BCUT2D eigenvalue weighted by molar-refractivity contribution is 0.561. The summed E-state index contributed by atoms with van der Waals surface area (Å²) in [7, 11) is 0. The first-order chi connectivity index (χ1) is 8.83. The Labute approximate surface area is 103 Å². The lowest BCUT2D eigenvalue weighted by atomic mass is 10.0. The molecule has 0 aliphatic carbocycles. The molecule has 0 radical (unpaired) electrons. The van der Waals surface area contributed by atoms with E-state index >= 15 is 0 Å². The fourth-order valence-electron chi connectivity index (χ4n) is 1.53. The minimum atomic E-state index is 0.109. The predicted octanol–water partition coefficient (Wildman–Crippen LogP) is 1.19. The lowest BCUT2D eigenvalue weighted by Crippen LogP contribution is -1.98. The maximum absolute atomic E-state index is 10.2. The molecule has 6 nitrogen and oxygen atoms in total. The number of isocyanates is 3. The van der Waals surface area contributed by atoms with Gasteiger partial charge in [0.15, 0.2) is 0 Å². The van der Waals surface area contributed by atoms with Gasteiger partial charge in [-0.3, -0.25) is 0 Å². The lowest BCUT2D eigenvalue weighted by Gasteiger charge is -2.08. The summed E-state index contributed by atoms with van der Waals surface area (Å²) in [4.78, 5) is 40.8. The number of hydrogen-bond acceptors (Lipinski definition) is 6. The van der Waals surface area contributed by atoms with Crippen LogP contribution in [0.5, 0.6) is 0 Å². The van der Waals surface area contributed by atoms with Crippen molar-refractivity contribution in [3.63, 3.8) is 0 Å². The van der Waals surface area contributed by atoms with Crippen LogP contribution in [0.4, 0.5) is 0 Å². The second-order valence-electron chi connectivity index (χ2n) is 3.28. The van der Waals surface area contributed by atoms with Gasteiger partial charge in [0.05, 0.1) is 19.6 Å². The Morgan fingerprint density at radius 3 is 1.67 bits per heavy atom. The van der Waals surface area contributed by atoms with Gasteiger partial charge in [0.25, 0.3) is 0 Å². The third kappa shape index (κ3) is 3.74. The number of nitrogens with zero attached hydrogens (tertiary/aromatic N) is 3. The SMILES string of the molecule is O=C=NCc1cccc(CN=C=O)c1CN=C=O. The van der Waals surface area contributed by atoms with E-state index in [4.69, 9.17) is 0 Å². The molecule has 6 heteroatoms. The highest BCUT2D eigenvalue weighted by Gasteiger charge is 2.07. The van der Waals surface area contributed by atoms with Crippen LogP contribution in [0.3, 0.4) is 0 Å². The molecule has 0 fully saturated rings. The van der Waals surface area contributed by atoms with E-state index in [2.05, 4.69) is 15.0 Å². The summed E-state index contributed by atoms with van der Waals surface area (Å²) >= 11 is 0. The van der Waals surface area contributed by atoms with Gasteiger partial charge in [0.1, 0.15) is 0 Å². The molecule has 1 aromatic carbocycles. The number of hydrogen-bond donors (Lipinski definition) is 0. The quantitative estimate of drug-likeness (QED) is 0.555. The molecule has 0 amide bonds. The fourth-order valence-corrected chi connectivity index (χ4v) is 1.53.